The van der Waals surface area contributed by atoms with Crippen molar-refractivity contribution in [1.82, 2.24) is 9.78 Å². The van der Waals surface area contributed by atoms with E-state index in [0.29, 0.717) is 38.2 Å². The maximum atomic E-state index is 13.6. The van der Waals surface area contributed by atoms with Crippen LogP contribution in [0.5, 0.6) is 0 Å². The number of carbonyl (C=O) groups excluding carboxylic acids is 2. The molecule has 5 aromatic rings. The van der Waals surface area contributed by atoms with Gasteiger partial charge >= 0.3 is 0 Å². The highest BCUT2D eigenvalue weighted by molar-refractivity contribution is 9.10. The highest BCUT2D eigenvalue weighted by Crippen LogP contribution is 2.31. The van der Waals surface area contributed by atoms with E-state index in [4.69, 9.17) is 10.9 Å². The van der Waals surface area contributed by atoms with Crippen LogP contribution >= 0.6 is 15.9 Å². The molecule has 0 radical (unpaired) electrons. The van der Waals surface area contributed by atoms with Crippen LogP contribution in [0.2, 0.25) is 0 Å². The molecule has 8 nitrogen and oxygen atoms in total. The molecule has 0 atom stereocenters. The number of benzene rings is 4. The fourth-order valence-electron chi connectivity index (χ4n) is 4.56. The number of ketones is 1. The number of fused-ring (bicyclic) bond motifs is 1. The molecular formula is C29H23BrN4O4S. The molecule has 0 aliphatic heterocycles. The summed E-state index contributed by atoms with van der Waals surface area (Å²) in [5.41, 5.74) is 9.08. The fourth-order valence-corrected chi connectivity index (χ4v) is 5.84. The van der Waals surface area contributed by atoms with Gasteiger partial charge in [0.25, 0.3) is 5.91 Å². The van der Waals surface area contributed by atoms with Crippen molar-refractivity contribution in [2.24, 2.45) is 10.9 Å². The van der Waals surface area contributed by atoms with E-state index in [1.54, 1.807) is 61.5 Å². The molecule has 0 aliphatic carbocycles. The van der Waals surface area contributed by atoms with Gasteiger partial charge in [-0.25, -0.2) is 18.2 Å². The van der Waals surface area contributed by atoms with Crippen molar-refractivity contribution in [3.8, 4) is 16.8 Å². The van der Waals surface area contributed by atoms with Crippen molar-refractivity contribution in [2.45, 2.75) is 18.2 Å². The minimum atomic E-state index is -3.92. The number of aromatic nitrogens is 2. The molecule has 0 saturated heterocycles. The number of rotatable bonds is 7. The normalized spacial score (nSPS) is 11.6. The monoisotopic (exact) mass is 602 g/mol. The van der Waals surface area contributed by atoms with Crippen molar-refractivity contribution in [3.05, 3.63) is 112 Å². The summed E-state index contributed by atoms with van der Waals surface area (Å²) >= 11 is 3.53. The van der Waals surface area contributed by atoms with Gasteiger partial charge in [-0.05, 0) is 59.2 Å². The molecule has 39 heavy (non-hydrogen) atoms. The Labute approximate surface area is 233 Å². The average Bonchev–Trinajstić information content (AvgIpc) is 3.30. The Morgan fingerprint density at radius 1 is 0.923 bits per heavy atom. The van der Waals surface area contributed by atoms with Gasteiger partial charge in [-0.1, -0.05) is 70.5 Å². The highest BCUT2D eigenvalue weighted by Gasteiger charge is 2.22. The molecule has 4 N–H and O–H groups in total. The maximum Gasteiger partial charge on any atom is 0.250 e. The molecule has 1 aromatic heterocycles. The summed E-state index contributed by atoms with van der Waals surface area (Å²) in [6, 6.07) is 24.4. The van der Waals surface area contributed by atoms with E-state index in [9.17, 15) is 18.0 Å². The highest BCUT2D eigenvalue weighted by atomic mass is 79.9. The number of halogens is 1. The van der Waals surface area contributed by atoms with E-state index in [1.807, 2.05) is 24.3 Å². The zero-order chi connectivity index (χ0) is 27.9. The predicted octanol–water partition coefficient (Wildman–Crippen LogP) is 4.94. The van der Waals surface area contributed by atoms with Crippen molar-refractivity contribution in [1.29, 1.82) is 0 Å². The third-order valence-electron chi connectivity index (χ3n) is 6.38. The molecular weight excluding hydrogens is 580 g/mol. The third kappa shape index (κ3) is 5.26. The number of primary sulfonamides is 1. The van der Waals surface area contributed by atoms with Crippen molar-refractivity contribution < 1.29 is 18.0 Å². The van der Waals surface area contributed by atoms with Crippen LogP contribution in [0.1, 0.15) is 32.1 Å². The number of hydrogen-bond acceptors (Lipinski definition) is 5. The Hall–Kier alpha value is -4.12. The molecule has 10 heteroatoms. The van der Waals surface area contributed by atoms with Crippen molar-refractivity contribution in [3.63, 3.8) is 0 Å². The quantitative estimate of drug-likeness (QED) is 0.254. The van der Waals surface area contributed by atoms with Crippen molar-refractivity contribution >= 4 is 48.4 Å². The van der Waals surface area contributed by atoms with Gasteiger partial charge in [-0.3, -0.25) is 9.59 Å². The lowest BCUT2D eigenvalue weighted by atomic mass is 10.0. The molecule has 1 amide bonds. The zero-order valence-corrected chi connectivity index (χ0v) is 23.2. The number of carbonyl (C=O) groups is 2. The molecule has 0 unspecified atom stereocenters. The lowest BCUT2D eigenvalue weighted by Gasteiger charge is -2.13. The van der Waals surface area contributed by atoms with Crippen LogP contribution in [-0.2, 0) is 16.4 Å². The minimum Gasteiger partial charge on any atom is -0.366 e. The first kappa shape index (κ1) is 26.5. The van der Waals surface area contributed by atoms with Gasteiger partial charge < -0.3 is 5.73 Å². The third-order valence-corrected chi connectivity index (χ3v) is 8.09. The summed E-state index contributed by atoms with van der Waals surface area (Å²) in [6.07, 6.45) is 0.0301. The topological polar surface area (TPSA) is 138 Å². The number of hydrogen-bond donors (Lipinski definition) is 2. The number of sulfonamides is 1. The summed E-state index contributed by atoms with van der Waals surface area (Å²) in [6.45, 7) is 1.77. The van der Waals surface area contributed by atoms with E-state index >= 15 is 0 Å². The van der Waals surface area contributed by atoms with Crippen LogP contribution in [0.4, 0.5) is 0 Å². The molecule has 0 spiro atoms. The fraction of sp³-hybridized carbons (Fsp3) is 0.0690. The second kappa shape index (κ2) is 10.2. The second-order valence-electron chi connectivity index (χ2n) is 9.11. The van der Waals surface area contributed by atoms with Crippen molar-refractivity contribution in [2.75, 3.05) is 0 Å². The molecule has 196 valence electrons. The van der Waals surface area contributed by atoms with E-state index in [0.717, 1.165) is 10.8 Å². The van der Waals surface area contributed by atoms with Crippen LogP contribution in [0.3, 0.4) is 0 Å². The van der Waals surface area contributed by atoms with Crippen LogP contribution in [0, 0.1) is 6.92 Å². The summed E-state index contributed by atoms with van der Waals surface area (Å²) < 4.78 is 26.2. The maximum absolute atomic E-state index is 13.6. The molecule has 0 aliphatic rings. The predicted molar refractivity (Wildman–Crippen MR) is 153 cm³/mol. The van der Waals surface area contributed by atoms with Crippen LogP contribution in [0.15, 0.2) is 94.3 Å². The van der Waals surface area contributed by atoms with Crippen LogP contribution in [0.25, 0.3) is 27.6 Å². The second-order valence-corrected chi connectivity index (χ2v) is 11.5. The van der Waals surface area contributed by atoms with E-state index in [1.165, 1.54) is 10.7 Å². The molecule has 1 heterocycles. The van der Waals surface area contributed by atoms with E-state index in [-0.39, 0.29) is 22.7 Å². The summed E-state index contributed by atoms with van der Waals surface area (Å²) in [7, 11) is -3.92. The van der Waals surface area contributed by atoms with E-state index < -0.39 is 15.9 Å². The summed E-state index contributed by atoms with van der Waals surface area (Å²) in [4.78, 5) is 25.9. The molecule has 5 rings (SSSR count). The summed E-state index contributed by atoms with van der Waals surface area (Å²) in [5, 5.41) is 11.6. The Bertz CT molecular complexity index is 1900. The molecule has 4 aromatic carbocycles. The van der Waals surface area contributed by atoms with Gasteiger partial charge in [0.15, 0.2) is 5.78 Å². The zero-order valence-electron chi connectivity index (χ0n) is 20.8. The first-order chi connectivity index (χ1) is 18.5. The number of Topliss-reactive ketones (excluding diaryl/α,β-unsaturated/α-hetero) is 1. The number of amides is 1. The smallest absolute Gasteiger partial charge is 0.250 e. The van der Waals surface area contributed by atoms with Crippen LogP contribution < -0.4 is 10.9 Å². The Kier molecular flexibility index (Phi) is 6.94. The lowest BCUT2D eigenvalue weighted by Crippen LogP contribution is -2.18. The largest absolute Gasteiger partial charge is 0.366 e. The average molecular weight is 603 g/mol. The lowest BCUT2D eigenvalue weighted by molar-refractivity contribution is 0.0978. The standard InChI is InChI=1S/C29H23BrN4O4S/c1-17-12-26(34(33-17)25-15-19-7-3-2-6-18(19)13-23(25)29(31)36)27(35)16-21-11-10-20(14-24(21)30)22-8-4-5-9-28(22)39(32,37)38/h2-15H,16H2,1H3,(H2,31,36)(H2,32,37,38). The van der Waals surface area contributed by atoms with E-state index in [2.05, 4.69) is 21.0 Å². The Morgan fingerprint density at radius 2 is 1.59 bits per heavy atom. The number of nitrogens with zero attached hydrogens (tertiary/aromatic N) is 2. The first-order valence-electron chi connectivity index (χ1n) is 11.9. The number of primary amides is 1. The van der Waals surface area contributed by atoms with Gasteiger partial charge in [0.05, 0.1) is 21.8 Å². The number of nitrogens with two attached hydrogens (primary N) is 2. The van der Waals surface area contributed by atoms with Crippen LogP contribution in [-0.4, -0.2) is 29.9 Å². The molecule has 0 bridgehead atoms. The van der Waals surface area contributed by atoms with Gasteiger partial charge in [-0.15, -0.1) is 0 Å². The van der Waals surface area contributed by atoms with Gasteiger partial charge in [0, 0.05) is 16.5 Å². The summed E-state index contributed by atoms with van der Waals surface area (Å²) in [5.74, 6) is -0.849. The Morgan fingerprint density at radius 3 is 2.26 bits per heavy atom. The van der Waals surface area contributed by atoms with Gasteiger partial charge in [-0.2, -0.15) is 5.10 Å². The Balaban J connectivity index is 1.52. The molecule has 0 fully saturated rings. The first-order valence-corrected chi connectivity index (χ1v) is 14.2. The number of aryl methyl sites for hydroxylation is 1. The van der Waals surface area contributed by atoms with Gasteiger partial charge in [0.2, 0.25) is 10.0 Å². The van der Waals surface area contributed by atoms with Gasteiger partial charge in [0.1, 0.15) is 5.69 Å². The molecule has 0 saturated carbocycles. The SMILES string of the molecule is Cc1cc(C(=O)Cc2ccc(-c3ccccc3S(N)(=O)=O)cc2Br)n(-c2cc3ccccc3cc2C(N)=O)n1. The minimum absolute atomic E-state index is 0.0146.